The molecule has 0 aromatic carbocycles. The van der Waals surface area contributed by atoms with Crippen molar-refractivity contribution in [2.24, 2.45) is 0 Å². The maximum atomic E-state index is 13.5. The van der Waals surface area contributed by atoms with Crippen molar-refractivity contribution in [1.29, 1.82) is 0 Å². The van der Waals surface area contributed by atoms with Crippen LogP contribution in [-0.2, 0) is 16.0 Å². The van der Waals surface area contributed by atoms with Crippen molar-refractivity contribution in [2.45, 2.75) is 85.2 Å². The summed E-state index contributed by atoms with van der Waals surface area (Å²) in [6.45, 7) is 11.4. The minimum Gasteiger partial charge on any atom is -0.872 e. The molecule has 228 valence electrons. The molecule has 0 unspecified atom stereocenters. The average molecular weight is 615 g/mol. The molecule has 0 saturated carbocycles. The van der Waals surface area contributed by atoms with Crippen LogP contribution in [0.5, 0.6) is 0 Å². The minimum atomic E-state index is -1.14. The van der Waals surface area contributed by atoms with E-state index in [4.69, 9.17) is 19.9 Å². The van der Waals surface area contributed by atoms with Crippen LogP contribution in [0.1, 0.15) is 121 Å². The number of aryl methyl sites for hydroxylation is 3. The predicted molar refractivity (Wildman–Crippen MR) is 171 cm³/mol. The Labute approximate surface area is 277 Å². The Morgan fingerprint density at radius 3 is 2.36 bits per heavy atom. The molecule has 8 bridgehead atoms. The van der Waals surface area contributed by atoms with E-state index in [0.717, 1.165) is 34.2 Å². The van der Waals surface area contributed by atoms with E-state index < -0.39 is 12.1 Å². The van der Waals surface area contributed by atoms with Crippen LogP contribution in [0.3, 0.4) is 0 Å². The minimum absolute atomic E-state index is 0. The van der Waals surface area contributed by atoms with Crippen molar-refractivity contribution in [3.63, 3.8) is 0 Å². The molecule has 0 radical (unpaired) electrons. The molecule has 1 N–H and O–H groups in total. The van der Waals surface area contributed by atoms with Crippen LogP contribution in [0.25, 0.3) is 45.0 Å². The smallest absolute Gasteiger partial charge is 0.872 e. The molecule has 0 saturated heterocycles. The van der Waals surface area contributed by atoms with E-state index in [1.165, 1.54) is 0 Å². The van der Waals surface area contributed by atoms with Crippen molar-refractivity contribution in [2.75, 3.05) is 0 Å². The van der Waals surface area contributed by atoms with Crippen molar-refractivity contribution in [3.8, 4) is 0 Å². The first-order valence-corrected chi connectivity index (χ1v) is 15.2. The Hall–Kier alpha value is -3.73. The van der Waals surface area contributed by atoms with E-state index in [9.17, 15) is 24.9 Å². The van der Waals surface area contributed by atoms with E-state index in [2.05, 4.69) is 0 Å². The summed E-state index contributed by atoms with van der Waals surface area (Å²) in [6, 6.07) is 3.59. The van der Waals surface area contributed by atoms with Gasteiger partial charge in [0.25, 0.3) is 0 Å². The van der Waals surface area contributed by atoms with Gasteiger partial charge in [0.05, 0.1) is 23.2 Å². The zero-order valence-electron chi connectivity index (χ0n) is 26.4. The number of nitrogens with zero attached hydrogens (tertiary/aromatic N) is 4. The number of aliphatic carboxylic acids is 1. The number of fused-ring (bicyclic) bond motifs is 8. The number of allylic oxidation sites excluding steroid dienone is 2. The fraction of sp³-hybridized carbons (Fsp3) is 0.371. The summed E-state index contributed by atoms with van der Waals surface area (Å²) in [5.74, 6) is -1.77. The number of carboxylic acid groups (broad SMARTS) is 1. The molecule has 45 heavy (non-hydrogen) atoms. The van der Waals surface area contributed by atoms with Crippen LogP contribution in [0.15, 0.2) is 12.1 Å². The van der Waals surface area contributed by atoms with Crippen LogP contribution < -0.4 is 20.2 Å². The van der Waals surface area contributed by atoms with Gasteiger partial charge in [-0.3, -0.25) is 9.78 Å². The van der Waals surface area contributed by atoms with Gasteiger partial charge in [-0.1, -0.05) is 50.1 Å². The van der Waals surface area contributed by atoms with E-state index in [-0.39, 0.29) is 47.1 Å². The summed E-state index contributed by atoms with van der Waals surface area (Å²) in [4.78, 5) is 43.9. The Bertz CT molecular complexity index is 1980. The van der Waals surface area contributed by atoms with Gasteiger partial charge in [0.1, 0.15) is 0 Å². The van der Waals surface area contributed by atoms with E-state index in [1.54, 1.807) is 19.1 Å². The molecular weight excluding hydrogens is 581 g/mol. The summed E-state index contributed by atoms with van der Waals surface area (Å²) >= 11 is 0. The molecule has 9 nitrogen and oxygen atoms in total. The zero-order valence-corrected chi connectivity index (χ0v) is 27.9. The number of carboxylic acids is 1. The number of hydrogen-bond donors (Lipinski definition) is 1. The summed E-state index contributed by atoms with van der Waals surface area (Å²) < 4.78 is 0. The molecule has 5 heterocycles. The SMILES string of the molecule is CCC1=C(C=O)c2cc3[n-]c(c(C)c4nc(c5c6[n-]c(cc1n2)c(CC)c6C([O-])=C5)[C@@H](CCC(=O)[O-])[C@@H]4C)c(C)c3[C@@H](C)O.[Mg+2]. The predicted octanol–water partition coefficient (Wildman–Crippen LogP) is 3.53. The third kappa shape index (κ3) is 5.12. The van der Waals surface area contributed by atoms with Crippen molar-refractivity contribution >= 4 is 80.4 Å². The third-order valence-corrected chi connectivity index (χ3v) is 9.37. The van der Waals surface area contributed by atoms with Gasteiger partial charge in [-0.25, -0.2) is 4.98 Å². The molecule has 3 atom stereocenters. The van der Waals surface area contributed by atoms with E-state index in [0.29, 0.717) is 80.7 Å². The first-order chi connectivity index (χ1) is 21.0. The van der Waals surface area contributed by atoms with Crippen molar-refractivity contribution < 1.29 is 24.9 Å². The molecular formula is C35H34MgN4O5-2. The van der Waals surface area contributed by atoms with Crippen LogP contribution in [0.2, 0.25) is 0 Å². The molecule has 3 aliphatic rings. The standard InChI is InChI=1S/C35H38N4O5.Mg/c1-7-19-23(14-40)26-13-27-30(18(6)41)16(4)33(38-27)17(5)32-15(3)21(9-10-29(43)44)34(39-32)22-11-28(42)31-20(8-2)25(37-35(22)31)12-24(19)36-26;/h11-15,18,21,41H,7-10H2,1-6H3,(H4,36,37,38,39,40,42,43,44);/q;+2/p-4/t15-,18+,21-;/m0./s1. The van der Waals surface area contributed by atoms with Crippen LogP contribution >= 0.6 is 0 Å². The number of aliphatic hydroxyl groups is 1. The largest absolute Gasteiger partial charge is 2.00 e. The maximum absolute atomic E-state index is 13.5. The zero-order chi connectivity index (χ0) is 31.6. The van der Waals surface area contributed by atoms with Gasteiger partial charge in [-0.2, -0.15) is 0 Å². The van der Waals surface area contributed by atoms with Gasteiger partial charge in [-0.15, -0.1) is 27.8 Å². The number of rotatable bonds is 7. The average Bonchev–Trinajstić information content (AvgIpc) is 3.75. The fourth-order valence-corrected chi connectivity index (χ4v) is 7.26. The summed E-state index contributed by atoms with van der Waals surface area (Å²) in [5.41, 5.74) is 10.1. The number of aromatic nitrogens is 4. The monoisotopic (exact) mass is 614 g/mol. The maximum Gasteiger partial charge on any atom is 2.00 e. The van der Waals surface area contributed by atoms with Crippen molar-refractivity contribution in [1.82, 2.24) is 19.9 Å². The summed E-state index contributed by atoms with van der Waals surface area (Å²) in [5, 5.41) is 35.9. The first-order valence-electron chi connectivity index (χ1n) is 15.2. The number of aldehydes is 1. The Morgan fingerprint density at radius 1 is 1.04 bits per heavy atom. The molecule has 3 aromatic heterocycles. The van der Waals surface area contributed by atoms with Gasteiger partial charge >= 0.3 is 23.1 Å². The van der Waals surface area contributed by atoms with Gasteiger partial charge in [-0.05, 0) is 74.3 Å². The molecule has 3 aromatic rings. The Morgan fingerprint density at radius 2 is 1.73 bits per heavy atom. The van der Waals surface area contributed by atoms with Crippen molar-refractivity contribution in [3.05, 3.63) is 68.3 Å². The van der Waals surface area contributed by atoms with Crippen LogP contribution in [0.4, 0.5) is 0 Å². The molecule has 2 aliphatic heterocycles. The summed E-state index contributed by atoms with van der Waals surface area (Å²) in [6.07, 6.45) is 2.80. The fourth-order valence-electron chi connectivity index (χ4n) is 7.26. The molecule has 0 fully saturated rings. The molecule has 1 aliphatic carbocycles. The van der Waals surface area contributed by atoms with Crippen LogP contribution in [0, 0.1) is 13.8 Å². The quantitative estimate of drug-likeness (QED) is 0.311. The van der Waals surface area contributed by atoms with Gasteiger partial charge in [0, 0.05) is 29.1 Å². The normalized spacial score (nSPS) is 17.7. The number of carbonyl (C=O) groups excluding carboxylic acids is 2. The van der Waals surface area contributed by atoms with E-state index >= 15 is 0 Å². The van der Waals surface area contributed by atoms with E-state index in [1.807, 2.05) is 40.7 Å². The first kappa shape index (κ1) is 32.7. The van der Waals surface area contributed by atoms with Gasteiger partial charge < -0.3 is 30.1 Å². The molecule has 10 heteroatoms. The Balaban J connectivity index is 0.00000400. The third-order valence-electron chi connectivity index (χ3n) is 9.37. The number of aliphatic hydroxyl groups excluding tert-OH is 1. The number of carbonyl (C=O) groups is 2. The second-order valence-electron chi connectivity index (χ2n) is 11.9. The van der Waals surface area contributed by atoms with Gasteiger partial charge in [0.15, 0.2) is 6.29 Å². The second-order valence-corrected chi connectivity index (χ2v) is 11.9. The van der Waals surface area contributed by atoms with Crippen LogP contribution in [-0.4, -0.2) is 50.4 Å². The van der Waals surface area contributed by atoms with Gasteiger partial charge in [0.2, 0.25) is 0 Å². The number of hydrogen-bond acceptors (Lipinski definition) is 7. The second kappa shape index (κ2) is 12.2. The molecule has 6 rings (SSSR count). The molecule has 0 amide bonds. The topological polar surface area (TPSA) is 154 Å². The Kier molecular flexibility index (Phi) is 8.87. The summed E-state index contributed by atoms with van der Waals surface area (Å²) in [7, 11) is 0. The molecule has 0 spiro atoms.